The van der Waals surface area contributed by atoms with E-state index in [2.05, 4.69) is 0 Å². The fourth-order valence-corrected chi connectivity index (χ4v) is 1.07. The molecule has 0 spiro atoms. The Kier molecular flexibility index (Phi) is 2.76. The average molecular weight is 173 g/mol. The van der Waals surface area contributed by atoms with Crippen molar-refractivity contribution >= 4 is 0 Å². The lowest BCUT2D eigenvalue weighted by molar-refractivity contribution is -0.0820. The third-order valence-electron chi connectivity index (χ3n) is 1.91. The zero-order chi connectivity index (χ0) is 9.24. The molecule has 3 nitrogen and oxygen atoms in total. The second-order valence-corrected chi connectivity index (χ2v) is 4.57. The van der Waals surface area contributed by atoms with E-state index in [0.717, 1.165) is 13.0 Å². The second-order valence-electron chi connectivity index (χ2n) is 4.57. The first-order valence-corrected chi connectivity index (χ1v) is 4.42. The first-order valence-electron chi connectivity index (χ1n) is 4.42. The van der Waals surface area contributed by atoms with Crippen molar-refractivity contribution in [3.8, 4) is 0 Å². The normalized spacial score (nSPS) is 22.0. The maximum absolute atomic E-state index is 5.93. The molecule has 72 valence electrons. The van der Waals surface area contributed by atoms with Crippen molar-refractivity contribution in [1.29, 1.82) is 0 Å². The van der Waals surface area contributed by atoms with Gasteiger partial charge in [0, 0.05) is 6.61 Å². The molecule has 3 heteroatoms. The zero-order valence-corrected chi connectivity index (χ0v) is 8.22. The number of ether oxygens (including phenoxy) is 2. The number of hydrogen-bond donors (Lipinski definition) is 1. The van der Waals surface area contributed by atoms with Gasteiger partial charge in [0.15, 0.2) is 0 Å². The maximum atomic E-state index is 5.93. The van der Waals surface area contributed by atoms with Gasteiger partial charge in [0.25, 0.3) is 0 Å². The van der Waals surface area contributed by atoms with Crippen LogP contribution >= 0.6 is 0 Å². The van der Waals surface area contributed by atoms with Gasteiger partial charge in [0.1, 0.15) is 0 Å². The summed E-state index contributed by atoms with van der Waals surface area (Å²) >= 11 is 0. The highest BCUT2D eigenvalue weighted by molar-refractivity contribution is 4.90. The highest BCUT2D eigenvalue weighted by atomic mass is 16.5. The van der Waals surface area contributed by atoms with Gasteiger partial charge in [0.05, 0.1) is 24.4 Å². The number of nitrogens with two attached hydrogens (primary N) is 1. The molecular formula is C9H19NO2. The van der Waals surface area contributed by atoms with E-state index in [-0.39, 0.29) is 11.1 Å². The van der Waals surface area contributed by atoms with E-state index in [1.54, 1.807) is 0 Å². The Balaban J connectivity index is 2.10. The van der Waals surface area contributed by atoms with Gasteiger partial charge in [0.2, 0.25) is 0 Å². The molecular weight excluding hydrogens is 154 g/mol. The third-order valence-corrected chi connectivity index (χ3v) is 1.91. The Morgan fingerprint density at radius 3 is 2.33 bits per heavy atom. The van der Waals surface area contributed by atoms with E-state index < -0.39 is 0 Å². The summed E-state index contributed by atoms with van der Waals surface area (Å²) in [6.45, 7) is 8.23. The summed E-state index contributed by atoms with van der Waals surface area (Å²) in [4.78, 5) is 0. The molecule has 1 heterocycles. The van der Waals surface area contributed by atoms with E-state index in [0.29, 0.717) is 13.2 Å². The minimum Gasteiger partial charge on any atom is -0.377 e. The fourth-order valence-electron chi connectivity index (χ4n) is 1.07. The lowest BCUT2D eigenvalue weighted by atomic mass is 9.95. The Bertz CT molecular complexity index is 147. The molecule has 1 fully saturated rings. The molecule has 0 aromatic heterocycles. The molecule has 1 rings (SSSR count). The molecule has 0 bridgehead atoms. The van der Waals surface area contributed by atoms with Gasteiger partial charge in [-0.3, -0.25) is 0 Å². The summed E-state index contributed by atoms with van der Waals surface area (Å²) in [6.07, 6.45) is 0.893. The first kappa shape index (κ1) is 9.96. The van der Waals surface area contributed by atoms with Gasteiger partial charge in [-0.25, -0.2) is 0 Å². The summed E-state index contributed by atoms with van der Waals surface area (Å²) in [5.41, 5.74) is 5.77. The fraction of sp³-hybridized carbons (Fsp3) is 1.00. The molecule has 0 saturated carbocycles. The van der Waals surface area contributed by atoms with Crippen LogP contribution in [0.3, 0.4) is 0 Å². The average Bonchev–Trinajstić information content (AvgIpc) is 1.81. The molecule has 12 heavy (non-hydrogen) atoms. The Morgan fingerprint density at radius 1 is 1.42 bits per heavy atom. The van der Waals surface area contributed by atoms with Crippen molar-refractivity contribution in [2.75, 3.05) is 19.8 Å². The molecule has 1 saturated heterocycles. The largest absolute Gasteiger partial charge is 0.377 e. The summed E-state index contributed by atoms with van der Waals surface area (Å²) in [6, 6.07) is 0. The van der Waals surface area contributed by atoms with Gasteiger partial charge in [-0.05, 0) is 27.2 Å². The lowest BCUT2D eigenvalue weighted by Crippen LogP contribution is -2.58. The molecule has 0 aliphatic carbocycles. The predicted octanol–water partition coefficient (Wildman–Crippen LogP) is 0.919. The second kappa shape index (κ2) is 3.32. The van der Waals surface area contributed by atoms with Crippen LogP contribution < -0.4 is 5.73 Å². The highest BCUT2D eigenvalue weighted by Gasteiger charge is 2.33. The lowest BCUT2D eigenvalue weighted by Gasteiger charge is -2.38. The van der Waals surface area contributed by atoms with E-state index in [4.69, 9.17) is 15.2 Å². The van der Waals surface area contributed by atoms with Crippen molar-refractivity contribution in [3.63, 3.8) is 0 Å². The Morgan fingerprint density at radius 2 is 2.00 bits per heavy atom. The predicted molar refractivity (Wildman–Crippen MR) is 48.1 cm³/mol. The van der Waals surface area contributed by atoms with Crippen molar-refractivity contribution in [1.82, 2.24) is 0 Å². The van der Waals surface area contributed by atoms with E-state index >= 15 is 0 Å². The highest BCUT2D eigenvalue weighted by Crippen LogP contribution is 2.18. The number of hydrogen-bond acceptors (Lipinski definition) is 3. The molecule has 0 aromatic rings. The van der Waals surface area contributed by atoms with Crippen LogP contribution in [0.15, 0.2) is 0 Å². The maximum Gasteiger partial charge on any atom is 0.0670 e. The van der Waals surface area contributed by atoms with Crippen LogP contribution in [0.2, 0.25) is 0 Å². The Hall–Kier alpha value is -0.120. The summed E-state index contributed by atoms with van der Waals surface area (Å²) < 4.78 is 10.6. The summed E-state index contributed by atoms with van der Waals surface area (Å²) in [5, 5.41) is 0. The standard InChI is InChI=1S/C9H19NO2/c1-8(2,3)12-5-4-9(10)6-11-7-9/h4-7,10H2,1-3H3. The van der Waals surface area contributed by atoms with Gasteiger partial charge in [-0.15, -0.1) is 0 Å². The van der Waals surface area contributed by atoms with Crippen molar-refractivity contribution in [2.45, 2.75) is 38.3 Å². The van der Waals surface area contributed by atoms with Crippen LogP contribution in [-0.4, -0.2) is 31.0 Å². The summed E-state index contributed by atoms with van der Waals surface area (Å²) in [5.74, 6) is 0. The van der Waals surface area contributed by atoms with Gasteiger partial charge < -0.3 is 15.2 Å². The molecule has 0 amide bonds. The van der Waals surface area contributed by atoms with Crippen molar-refractivity contribution in [3.05, 3.63) is 0 Å². The molecule has 0 aromatic carbocycles. The van der Waals surface area contributed by atoms with Crippen LogP contribution in [-0.2, 0) is 9.47 Å². The minimum absolute atomic E-state index is 0.0546. The topological polar surface area (TPSA) is 44.5 Å². The van der Waals surface area contributed by atoms with Crippen LogP contribution in [0.4, 0.5) is 0 Å². The minimum atomic E-state index is -0.106. The van der Waals surface area contributed by atoms with Crippen LogP contribution in [0.5, 0.6) is 0 Å². The van der Waals surface area contributed by atoms with Crippen LogP contribution in [0.25, 0.3) is 0 Å². The van der Waals surface area contributed by atoms with Crippen LogP contribution in [0.1, 0.15) is 27.2 Å². The molecule has 1 aliphatic rings. The van der Waals surface area contributed by atoms with Gasteiger partial charge in [-0.1, -0.05) is 0 Å². The molecule has 0 radical (unpaired) electrons. The SMILES string of the molecule is CC(C)(C)OCCC1(N)COC1. The zero-order valence-electron chi connectivity index (χ0n) is 8.22. The Labute approximate surface area is 74.2 Å². The van der Waals surface area contributed by atoms with Crippen LogP contribution in [0, 0.1) is 0 Å². The molecule has 2 N–H and O–H groups in total. The van der Waals surface area contributed by atoms with E-state index in [1.165, 1.54) is 0 Å². The van der Waals surface area contributed by atoms with E-state index in [9.17, 15) is 0 Å². The van der Waals surface area contributed by atoms with Gasteiger partial charge >= 0.3 is 0 Å². The molecule has 1 aliphatic heterocycles. The quantitative estimate of drug-likeness (QED) is 0.690. The van der Waals surface area contributed by atoms with Gasteiger partial charge in [-0.2, -0.15) is 0 Å². The monoisotopic (exact) mass is 173 g/mol. The molecule has 0 unspecified atom stereocenters. The number of rotatable bonds is 3. The van der Waals surface area contributed by atoms with Crippen molar-refractivity contribution in [2.24, 2.45) is 5.73 Å². The van der Waals surface area contributed by atoms with Crippen molar-refractivity contribution < 1.29 is 9.47 Å². The third kappa shape index (κ3) is 3.09. The smallest absolute Gasteiger partial charge is 0.0670 e. The van der Waals surface area contributed by atoms with E-state index in [1.807, 2.05) is 20.8 Å². The first-order chi connectivity index (χ1) is 5.41. The molecule has 0 atom stereocenters. The summed E-state index contributed by atoms with van der Waals surface area (Å²) in [7, 11) is 0.